The van der Waals surface area contributed by atoms with E-state index in [2.05, 4.69) is 30.3 Å². The van der Waals surface area contributed by atoms with Gasteiger partial charge in [0.1, 0.15) is 18.5 Å². The first-order valence-corrected chi connectivity index (χ1v) is 8.02. The SMILES string of the molecule is C1=C(OCc2ccccc2)[C@@H](COCc2ccccc2)OCC1. The lowest BCUT2D eigenvalue weighted by Crippen LogP contribution is -2.27. The average Bonchev–Trinajstić information content (AvgIpc) is 2.63. The molecule has 2 aromatic carbocycles. The van der Waals surface area contributed by atoms with E-state index in [0.717, 1.165) is 24.4 Å². The Kier molecular flexibility index (Phi) is 5.84. The van der Waals surface area contributed by atoms with Gasteiger partial charge in [-0.3, -0.25) is 0 Å². The molecule has 0 spiro atoms. The van der Waals surface area contributed by atoms with Gasteiger partial charge in [0.05, 0.1) is 19.8 Å². The Labute approximate surface area is 137 Å². The molecule has 0 aliphatic carbocycles. The highest BCUT2D eigenvalue weighted by atomic mass is 16.6. The van der Waals surface area contributed by atoms with Crippen molar-refractivity contribution in [3.8, 4) is 0 Å². The molecule has 2 aromatic rings. The quantitative estimate of drug-likeness (QED) is 0.771. The molecule has 0 aromatic heterocycles. The van der Waals surface area contributed by atoms with E-state index in [9.17, 15) is 0 Å². The molecule has 3 rings (SSSR count). The van der Waals surface area contributed by atoms with E-state index < -0.39 is 0 Å². The van der Waals surface area contributed by atoms with Crippen LogP contribution in [0.25, 0.3) is 0 Å². The van der Waals surface area contributed by atoms with Crippen molar-refractivity contribution in [2.45, 2.75) is 25.7 Å². The molecule has 3 heteroatoms. The standard InChI is InChI=1S/C20H22O3/c1-3-8-17(9-4-1)14-21-16-20-19(12-7-13-22-20)23-15-18-10-5-2-6-11-18/h1-6,8-12,20H,7,13-16H2/t20-/m1/s1. The van der Waals surface area contributed by atoms with Gasteiger partial charge in [0, 0.05) is 0 Å². The molecule has 0 fully saturated rings. The van der Waals surface area contributed by atoms with Crippen LogP contribution >= 0.6 is 0 Å². The molecule has 0 radical (unpaired) electrons. The van der Waals surface area contributed by atoms with Crippen LogP contribution in [0.5, 0.6) is 0 Å². The topological polar surface area (TPSA) is 27.7 Å². The number of ether oxygens (including phenoxy) is 3. The second-order valence-electron chi connectivity index (χ2n) is 5.53. The third kappa shape index (κ3) is 4.95. The highest BCUT2D eigenvalue weighted by Gasteiger charge is 2.20. The first-order chi connectivity index (χ1) is 11.4. The van der Waals surface area contributed by atoms with Gasteiger partial charge in [-0.25, -0.2) is 0 Å². The molecule has 0 saturated heterocycles. The van der Waals surface area contributed by atoms with Crippen molar-refractivity contribution >= 4 is 0 Å². The number of hydrogen-bond donors (Lipinski definition) is 0. The van der Waals surface area contributed by atoms with Gasteiger partial charge in [-0.05, 0) is 23.6 Å². The number of rotatable bonds is 7. The maximum absolute atomic E-state index is 5.94. The Bertz CT molecular complexity index is 607. The molecule has 1 heterocycles. The Balaban J connectivity index is 1.49. The van der Waals surface area contributed by atoms with E-state index in [-0.39, 0.29) is 6.10 Å². The Morgan fingerprint density at radius 1 is 0.870 bits per heavy atom. The second-order valence-corrected chi connectivity index (χ2v) is 5.53. The lowest BCUT2D eigenvalue weighted by Gasteiger charge is -2.25. The predicted molar refractivity (Wildman–Crippen MR) is 89.8 cm³/mol. The third-order valence-corrected chi connectivity index (χ3v) is 3.73. The summed E-state index contributed by atoms with van der Waals surface area (Å²) in [6.07, 6.45) is 2.89. The molecule has 23 heavy (non-hydrogen) atoms. The van der Waals surface area contributed by atoms with Crippen LogP contribution in [-0.4, -0.2) is 19.3 Å². The van der Waals surface area contributed by atoms with Crippen LogP contribution in [0.15, 0.2) is 72.5 Å². The molecule has 0 N–H and O–H groups in total. The largest absolute Gasteiger partial charge is 0.491 e. The average molecular weight is 310 g/mol. The van der Waals surface area contributed by atoms with E-state index in [0.29, 0.717) is 19.8 Å². The third-order valence-electron chi connectivity index (χ3n) is 3.73. The minimum Gasteiger partial charge on any atom is -0.491 e. The molecular weight excluding hydrogens is 288 g/mol. The first-order valence-electron chi connectivity index (χ1n) is 8.02. The summed E-state index contributed by atoms with van der Waals surface area (Å²) in [4.78, 5) is 0. The zero-order valence-electron chi connectivity index (χ0n) is 13.2. The van der Waals surface area contributed by atoms with Gasteiger partial charge in [0.2, 0.25) is 0 Å². The molecule has 0 saturated carbocycles. The smallest absolute Gasteiger partial charge is 0.137 e. The van der Waals surface area contributed by atoms with Gasteiger partial charge >= 0.3 is 0 Å². The van der Waals surface area contributed by atoms with Crippen LogP contribution in [0.4, 0.5) is 0 Å². The predicted octanol–water partition coefficient (Wildman–Crippen LogP) is 4.09. The van der Waals surface area contributed by atoms with Crippen LogP contribution in [0.2, 0.25) is 0 Å². The lowest BCUT2D eigenvalue weighted by molar-refractivity contribution is -0.0403. The molecule has 0 unspecified atom stereocenters. The van der Waals surface area contributed by atoms with Crippen LogP contribution in [-0.2, 0) is 27.4 Å². The van der Waals surface area contributed by atoms with Gasteiger partial charge in [-0.2, -0.15) is 0 Å². The minimum absolute atomic E-state index is 0.115. The normalized spacial score (nSPS) is 17.6. The van der Waals surface area contributed by atoms with Crippen molar-refractivity contribution in [1.29, 1.82) is 0 Å². The molecule has 1 aliphatic heterocycles. The van der Waals surface area contributed by atoms with Gasteiger partial charge in [-0.1, -0.05) is 60.7 Å². The van der Waals surface area contributed by atoms with E-state index in [1.807, 2.05) is 36.4 Å². The highest BCUT2D eigenvalue weighted by molar-refractivity contribution is 5.15. The molecule has 0 bridgehead atoms. The van der Waals surface area contributed by atoms with E-state index in [4.69, 9.17) is 14.2 Å². The van der Waals surface area contributed by atoms with Crippen LogP contribution in [0.1, 0.15) is 17.5 Å². The second kappa shape index (κ2) is 8.51. The monoisotopic (exact) mass is 310 g/mol. The van der Waals surface area contributed by atoms with Crippen molar-refractivity contribution in [2.24, 2.45) is 0 Å². The summed E-state index contributed by atoms with van der Waals surface area (Å²) in [7, 11) is 0. The molecule has 3 nitrogen and oxygen atoms in total. The maximum Gasteiger partial charge on any atom is 0.137 e. The lowest BCUT2D eigenvalue weighted by atomic mass is 10.2. The highest BCUT2D eigenvalue weighted by Crippen LogP contribution is 2.18. The molecule has 1 aliphatic rings. The number of hydrogen-bond acceptors (Lipinski definition) is 3. The van der Waals surface area contributed by atoms with Crippen molar-refractivity contribution in [1.82, 2.24) is 0 Å². The van der Waals surface area contributed by atoms with Gasteiger partial charge in [0.25, 0.3) is 0 Å². The van der Waals surface area contributed by atoms with E-state index >= 15 is 0 Å². The van der Waals surface area contributed by atoms with Crippen LogP contribution < -0.4 is 0 Å². The summed E-state index contributed by atoms with van der Waals surface area (Å²) in [5.74, 6) is 0.883. The Morgan fingerprint density at radius 2 is 1.52 bits per heavy atom. The minimum atomic E-state index is -0.115. The summed E-state index contributed by atoms with van der Waals surface area (Å²) in [6.45, 7) is 2.38. The molecule has 1 atom stereocenters. The summed E-state index contributed by atoms with van der Waals surface area (Å²) >= 11 is 0. The van der Waals surface area contributed by atoms with Gasteiger partial charge in [-0.15, -0.1) is 0 Å². The fraction of sp³-hybridized carbons (Fsp3) is 0.300. The zero-order chi connectivity index (χ0) is 15.7. The van der Waals surface area contributed by atoms with E-state index in [1.165, 1.54) is 5.56 Å². The summed E-state index contributed by atoms with van der Waals surface area (Å²) in [5.41, 5.74) is 2.32. The van der Waals surface area contributed by atoms with Crippen molar-refractivity contribution in [3.05, 3.63) is 83.6 Å². The molecule has 0 amide bonds. The zero-order valence-corrected chi connectivity index (χ0v) is 13.2. The summed E-state index contributed by atoms with van der Waals surface area (Å²) in [5, 5.41) is 0. The summed E-state index contributed by atoms with van der Waals surface area (Å²) < 4.78 is 17.5. The first kappa shape index (κ1) is 15.8. The summed E-state index contributed by atoms with van der Waals surface area (Å²) in [6, 6.07) is 20.3. The van der Waals surface area contributed by atoms with Crippen LogP contribution in [0, 0.1) is 0 Å². The van der Waals surface area contributed by atoms with Crippen molar-refractivity contribution in [3.63, 3.8) is 0 Å². The molecular formula is C20H22O3. The van der Waals surface area contributed by atoms with Crippen LogP contribution in [0.3, 0.4) is 0 Å². The van der Waals surface area contributed by atoms with Gasteiger partial charge < -0.3 is 14.2 Å². The van der Waals surface area contributed by atoms with Crippen molar-refractivity contribution in [2.75, 3.05) is 13.2 Å². The fourth-order valence-electron chi connectivity index (χ4n) is 2.51. The number of benzene rings is 2. The Hall–Kier alpha value is -2.10. The fourth-order valence-corrected chi connectivity index (χ4v) is 2.51. The van der Waals surface area contributed by atoms with Gasteiger partial charge in [0.15, 0.2) is 0 Å². The maximum atomic E-state index is 5.94. The van der Waals surface area contributed by atoms with Crippen molar-refractivity contribution < 1.29 is 14.2 Å². The van der Waals surface area contributed by atoms with E-state index in [1.54, 1.807) is 0 Å². The Morgan fingerprint density at radius 3 is 2.22 bits per heavy atom. The molecule has 120 valence electrons.